The van der Waals surface area contributed by atoms with E-state index in [1.165, 1.54) is 12.0 Å². The number of hydrogen-bond donors (Lipinski definition) is 1. The summed E-state index contributed by atoms with van der Waals surface area (Å²) in [6.07, 6.45) is 2.93. The zero-order valence-corrected chi connectivity index (χ0v) is 12.8. The molecule has 0 spiro atoms. The molecule has 1 heterocycles. The van der Waals surface area contributed by atoms with Crippen LogP contribution in [0.5, 0.6) is 0 Å². The average Bonchev–Trinajstić information content (AvgIpc) is 2.92. The van der Waals surface area contributed by atoms with Crippen LogP contribution in [0.4, 0.5) is 0 Å². The Bertz CT molecular complexity index is 424. The van der Waals surface area contributed by atoms with Crippen LogP contribution in [-0.4, -0.2) is 30.4 Å². The van der Waals surface area contributed by atoms with Crippen LogP contribution in [0.2, 0.25) is 0 Å². The van der Waals surface area contributed by atoms with Gasteiger partial charge >= 0.3 is 0 Å². The molecule has 1 saturated heterocycles. The molecule has 2 unspecified atom stereocenters. The molecule has 3 heteroatoms. The van der Waals surface area contributed by atoms with Gasteiger partial charge in [0.2, 0.25) is 5.91 Å². The first-order chi connectivity index (χ1) is 9.59. The molecule has 0 radical (unpaired) electrons. The Balaban J connectivity index is 2.06. The summed E-state index contributed by atoms with van der Waals surface area (Å²) in [7, 11) is 1.94. The van der Waals surface area contributed by atoms with Gasteiger partial charge in [0.15, 0.2) is 0 Å². The summed E-state index contributed by atoms with van der Waals surface area (Å²) in [6, 6.07) is 10.9. The maximum absolute atomic E-state index is 12.5. The number of benzene rings is 1. The van der Waals surface area contributed by atoms with Gasteiger partial charge in [0, 0.05) is 19.5 Å². The Hall–Kier alpha value is -1.35. The van der Waals surface area contributed by atoms with E-state index in [1.54, 1.807) is 0 Å². The maximum Gasteiger partial charge on any atom is 0.224 e. The van der Waals surface area contributed by atoms with Crippen LogP contribution in [0, 0.1) is 5.92 Å². The molecule has 1 amide bonds. The van der Waals surface area contributed by atoms with Gasteiger partial charge in [-0.1, -0.05) is 44.2 Å². The summed E-state index contributed by atoms with van der Waals surface area (Å²) >= 11 is 0. The molecule has 0 saturated carbocycles. The molecule has 1 aromatic rings. The monoisotopic (exact) mass is 274 g/mol. The van der Waals surface area contributed by atoms with Gasteiger partial charge in [-0.15, -0.1) is 0 Å². The predicted molar refractivity (Wildman–Crippen MR) is 82.4 cm³/mol. The van der Waals surface area contributed by atoms with Crippen molar-refractivity contribution in [2.75, 3.05) is 13.6 Å². The molecule has 20 heavy (non-hydrogen) atoms. The predicted octanol–water partition coefficient (Wildman–Crippen LogP) is 2.98. The first-order valence-electron chi connectivity index (χ1n) is 7.63. The Labute approximate surface area is 122 Å². The molecule has 1 aliphatic heterocycles. The molecule has 0 aromatic heterocycles. The summed E-state index contributed by atoms with van der Waals surface area (Å²) in [5.74, 6) is 0.648. The van der Waals surface area contributed by atoms with E-state index in [1.807, 2.05) is 30.1 Å². The number of carbonyl (C=O) groups excluding carboxylic acids is 1. The number of hydrogen-bond acceptors (Lipinski definition) is 2. The van der Waals surface area contributed by atoms with E-state index >= 15 is 0 Å². The zero-order chi connectivity index (χ0) is 14.5. The average molecular weight is 274 g/mol. The van der Waals surface area contributed by atoms with E-state index in [9.17, 15) is 4.79 Å². The Morgan fingerprint density at radius 1 is 1.35 bits per heavy atom. The molecule has 1 fully saturated rings. The Morgan fingerprint density at radius 2 is 2.05 bits per heavy atom. The summed E-state index contributed by atoms with van der Waals surface area (Å²) in [5, 5.41) is 3.40. The second-order valence-electron chi connectivity index (χ2n) is 6.10. The fourth-order valence-electron chi connectivity index (χ4n) is 3.15. The SMILES string of the molecule is CC(C)C(c1ccccc1)N(C)C(=O)CC1CCCN1. The van der Waals surface area contributed by atoms with Crippen molar-refractivity contribution in [2.24, 2.45) is 5.92 Å². The standard InChI is InChI=1S/C17H26N2O/c1-13(2)17(14-8-5-4-6-9-14)19(3)16(20)12-15-10-7-11-18-15/h4-6,8-9,13,15,17-18H,7,10-12H2,1-3H3. The lowest BCUT2D eigenvalue weighted by Gasteiger charge is -2.32. The summed E-state index contributed by atoms with van der Waals surface area (Å²) in [4.78, 5) is 14.4. The summed E-state index contributed by atoms with van der Waals surface area (Å²) in [5.41, 5.74) is 1.22. The minimum absolute atomic E-state index is 0.158. The highest BCUT2D eigenvalue weighted by atomic mass is 16.2. The molecule has 0 bridgehead atoms. The van der Waals surface area contributed by atoms with Crippen LogP contribution in [0.25, 0.3) is 0 Å². The lowest BCUT2D eigenvalue weighted by atomic mass is 9.94. The normalized spacial score (nSPS) is 20.1. The maximum atomic E-state index is 12.5. The van der Waals surface area contributed by atoms with Crippen molar-refractivity contribution in [3.8, 4) is 0 Å². The Morgan fingerprint density at radius 3 is 2.60 bits per heavy atom. The van der Waals surface area contributed by atoms with Crippen LogP contribution in [0.15, 0.2) is 30.3 Å². The van der Waals surface area contributed by atoms with Gasteiger partial charge in [-0.3, -0.25) is 4.79 Å². The van der Waals surface area contributed by atoms with E-state index in [-0.39, 0.29) is 11.9 Å². The number of rotatable bonds is 5. The second kappa shape index (κ2) is 6.89. The second-order valence-corrected chi connectivity index (χ2v) is 6.10. The van der Waals surface area contributed by atoms with Crippen molar-refractivity contribution in [1.82, 2.24) is 10.2 Å². The molecule has 2 atom stereocenters. The fraction of sp³-hybridized carbons (Fsp3) is 0.588. The number of nitrogens with zero attached hydrogens (tertiary/aromatic N) is 1. The van der Waals surface area contributed by atoms with E-state index in [2.05, 4.69) is 31.3 Å². The van der Waals surface area contributed by atoms with Gasteiger partial charge in [-0.2, -0.15) is 0 Å². The van der Waals surface area contributed by atoms with Gasteiger partial charge in [-0.25, -0.2) is 0 Å². The summed E-state index contributed by atoms with van der Waals surface area (Å²) < 4.78 is 0. The number of nitrogens with one attached hydrogen (secondary N) is 1. The quantitative estimate of drug-likeness (QED) is 0.895. The lowest BCUT2D eigenvalue weighted by Crippen LogP contribution is -2.37. The van der Waals surface area contributed by atoms with Crippen LogP contribution >= 0.6 is 0 Å². The van der Waals surface area contributed by atoms with Gasteiger partial charge < -0.3 is 10.2 Å². The third-order valence-corrected chi connectivity index (χ3v) is 4.17. The zero-order valence-electron chi connectivity index (χ0n) is 12.8. The smallest absolute Gasteiger partial charge is 0.224 e. The first-order valence-corrected chi connectivity index (χ1v) is 7.63. The molecule has 1 N–H and O–H groups in total. The molecular formula is C17H26N2O. The van der Waals surface area contributed by atoms with Crippen LogP contribution in [0.3, 0.4) is 0 Å². The topological polar surface area (TPSA) is 32.3 Å². The molecular weight excluding hydrogens is 248 g/mol. The van der Waals surface area contributed by atoms with Crippen LogP contribution < -0.4 is 5.32 Å². The number of carbonyl (C=O) groups is 1. The van der Waals surface area contributed by atoms with Crippen molar-refractivity contribution in [3.05, 3.63) is 35.9 Å². The third-order valence-electron chi connectivity index (χ3n) is 4.17. The van der Waals surface area contributed by atoms with Crippen molar-refractivity contribution < 1.29 is 4.79 Å². The minimum Gasteiger partial charge on any atom is -0.338 e. The van der Waals surface area contributed by atoms with Gasteiger partial charge in [0.25, 0.3) is 0 Å². The highest BCUT2D eigenvalue weighted by molar-refractivity contribution is 5.77. The van der Waals surface area contributed by atoms with E-state index < -0.39 is 0 Å². The molecule has 2 rings (SSSR count). The minimum atomic E-state index is 0.158. The fourth-order valence-corrected chi connectivity index (χ4v) is 3.15. The number of amides is 1. The van der Waals surface area contributed by atoms with Gasteiger partial charge in [-0.05, 0) is 30.9 Å². The van der Waals surface area contributed by atoms with Gasteiger partial charge in [0.05, 0.1) is 6.04 Å². The molecule has 1 aliphatic rings. The third kappa shape index (κ3) is 3.60. The highest BCUT2D eigenvalue weighted by Crippen LogP contribution is 2.28. The molecule has 110 valence electrons. The van der Waals surface area contributed by atoms with E-state index in [0.717, 1.165) is 13.0 Å². The van der Waals surface area contributed by atoms with Crippen LogP contribution in [-0.2, 0) is 4.79 Å². The van der Waals surface area contributed by atoms with E-state index in [4.69, 9.17) is 0 Å². The van der Waals surface area contributed by atoms with E-state index in [0.29, 0.717) is 18.4 Å². The Kier molecular flexibility index (Phi) is 5.18. The highest BCUT2D eigenvalue weighted by Gasteiger charge is 2.27. The van der Waals surface area contributed by atoms with Crippen molar-refractivity contribution in [2.45, 2.75) is 45.2 Å². The van der Waals surface area contributed by atoms with Crippen molar-refractivity contribution in [1.29, 1.82) is 0 Å². The largest absolute Gasteiger partial charge is 0.338 e. The van der Waals surface area contributed by atoms with Crippen molar-refractivity contribution in [3.63, 3.8) is 0 Å². The van der Waals surface area contributed by atoms with Crippen molar-refractivity contribution >= 4 is 5.91 Å². The molecule has 1 aromatic carbocycles. The van der Waals surface area contributed by atoms with Gasteiger partial charge in [0.1, 0.15) is 0 Å². The molecule has 3 nitrogen and oxygen atoms in total. The summed E-state index contributed by atoms with van der Waals surface area (Å²) in [6.45, 7) is 5.40. The van der Waals surface area contributed by atoms with Crippen LogP contribution in [0.1, 0.15) is 44.7 Å². The first kappa shape index (κ1) is 15.0. The lowest BCUT2D eigenvalue weighted by molar-refractivity contribution is -0.133. The molecule has 0 aliphatic carbocycles.